The quantitative estimate of drug-likeness (QED) is 0.699. The van der Waals surface area contributed by atoms with E-state index in [1.165, 1.54) is 0 Å². The molecule has 0 aliphatic heterocycles. The molecule has 0 unspecified atom stereocenters. The number of hydrogen-bond donors (Lipinski definition) is 0. The van der Waals surface area contributed by atoms with Crippen LogP contribution in [0.3, 0.4) is 0 Å². The number of nitrogens with zero attached hydrogens (tertiary/aromatic N) is 4. The average Bonchev–Trinajstić information content (AvgIpc) is 3.16. The Balaban J connectivity index is 1.64. The van der Waals surface area contributed by atoms with Crippen molar-refractivity contribution in [1.29, 1.82) is 0 Å². The second kappa shape index (κ2) is 4.97. The smallest absolute Gasteiger partial charge is 0.261 e. The second-order valence-electron chi connectivity index (χ2n) is 3.85. The summed E-state index contributed by atoms with van der Waals surface area (Å²) in [5.74, 6) is 1.56. The molecule has 3 rings (SSSR count). The lowest BCUT2D eigenvalue weighted by molar-refractivity contribution is 0.286. The van der Waals surface area contributed by atoms with Crippen LogP contribution in [-0.4, -0.2) is 19.9 Å². The van der Waals surface area contributed by atoms with Gasteiger partial charge in [0.1, 0.15) is 6.26 Å². The monoisotopic (exact) mass is 260 g/mol. The number of ether oxygens (including phenoxy) is 1. The van der Waals surface area contributed by atoms with Crippen LogP contribution in [-0.2, 0) is 13.2 Å². The van der Waals surface area contributed by atoms with E-state index >= 15 is 0 Å². The van der Waals surface area contributed by atoms with Gasteiger partial charge in [-0.2, -0.15) is 10.1 Å². The van der Waals surface area contributed by atoms with E-state index in [-0.39, 0.29) is 6.61 Å². The lowest BCUT2D eigenvalue weighted by atomic mass is 10.3. The van der Waals surface area contributed by atoms with Gasteiger partial charge in [-0.15, -0.1) is 0 Å². The fourth-order valence-electron chi connectivity index (χ4n) is 1.56. The van der Waals surface area contributed by atoms with E-state index in [1.54, 1.807) is 29.5 Å². The lowest BCUT2D eigenvalue weighted by Gasteiger charge is -1.97. The maximum atomic E-state index is 5.51. The maximum absolute atomic E-state index is 5.51. The molecule has 3 aromatic heterocycles. The summed E-state index contributed by atoms with van der Waals surface area (Å²) in [6, 6.07) is 1.75. The first-order chi connectivity index (χ1) is 9.35. The van der Waals surface area contributed by atoms with Gasteiger partial charge in [-0.1, -0.05) is 5.16 Å². The van der Waals surface area contributed by atoms with Crippen molar-refractivity contribution in [3.63, 3.8) is 0 Å². The molecule has 7 heteroatoms. The Hall–Kier alpha value is -2.57. The zero-order chi connectivity index (χ0) is 13.1. The average molecular weight is 260 g/mol. The highest BCUT2D eigenvalue weighted by Gasteiger charge is 2.10. The van der Waals surface area contributed by atoms with Crippen molar-refractivity contribution in [2.45, 2.75) is 20.1 Å². The summed E-state index contributed by atoms with van der Waals surface area (Å²) in [5.41, 5.74) is 0.748. The molecule has 3 aromatic rings. The van der Waals surface area contributed by atoms with Crippen molar-refractivity contribution in [2.75, 3.05) is 0 Å². The van der Waals surface area contributed by atoms with Crippen molar-refractivity contribution in [3.05, 3.63) is 36.8 Å². The van der Waals surface area contributed by atoms with Crippen molar-refractivity contribution in [2.24, 2.45) is 0 Å². The van der Waals surface area contributed by atoms with Gasteiger partial charge in [0, 0.05) is 6.54 Å². The predicted molar refractivity (Wildman–Crippen MR) is 64.2 cm³/mol. The largest absolute Gasteiger partial charge is 0.482 e. The SMILES string of the molecule is CCn1cc(OCc2noc(-c3ccoc3)n2)cn1. The first kappa shape index (κ1) is 11.5. The fraction of sp³-hybridized carbons (Fsp3) is 0.250. The van der Waals surface area contributed by atoms with Gasteiger partial charge in [-0.3, -0.25) is 4.68 Å². The number of aryl methyl sites for hydroxylation is 1. The van der Waals surface area contributed by atoms with Crippen LogP contribution < -0.4 is 4.74 Å². The van der Waals surface area contributed by atoms with Crippen LogP contribution in [0, 0.1) is 0 Å². The topological polar surface area (TPSA) is 79.1 Å². The highest BCUT2D eigenvalue weighted by molar-refractivity contribution is 5.49. The molecule has 19 heavy (non-hydrogen) atoms. The van der Waals surface area contributed by atoms with Crippen LogP contribution in [0.4, 0.5) is 0 Å². The van der Waals surface area contributed by atoms with Gasteiger partial charge in [0.2, 0.25) is 5.82 Å². The molecule has 3 heterocycles. The summed E-state index contributed by atoms with van der Waals surface area (Å²) in [7, 11) is 0. The minimum absolute atomic E-state index is 0.233. The van der Waals surface area contributed by atoms with E-state index in [9.17, 15) is 0 Å². The Morgan fingerprint density at radius 1 is 1.42 bits per heavy atom. The van der Waals surface area contributed by atoms with Gasteiger partial charge in [-0.25, -0.2) is 0 Å². The molecule has 0 aliphatic rings. The fourth-order valence-corrected chi connectivity index (χ4v) is 1.56. The standard InChI is InChI=1S/C12H12N4O3/c1-2-16-6-10(5-13-16)18-8-11-14-12(19-15-11)9-3-4-17-7-9/h3-7H,2,8H2,1H3. The Morgan fingerprint density at radius 3 is 3.11 bits per heavy atom. The number of furan rings is 1. The van der Waals surface area contributed by atoms with Crippen molar-refractivity contribution in [1.82, 2.24) is 19.9 Å². The Bertz CT molecular complexity index is 642. The zero-order valence-electron chi connectivity index (χ0n) is 10.3. The highest BCUT2D eigenvalue weighted by atomic mass is 16.5. The molecule has 0 aromatic carbocycles. The van der Waals surface area contributed by atoms with Gasteiger partial charge >= 0.3 is 0 Å². The van der Waals surface area contributed by atoms with Crippen LogP contribution in [0.5, 0.6) is 5.75 Å². The molecule has 0 radical (unpaired) electrons. The van der Waals surface area contributed by atoms with E-state index in [1.807, 2.05) is 13.1 Å². The van der Waals surface area contributed by atoms with Gasteiger partial charge in [0.25, 0.3) is 5.89 Å². The van der Waals surface area contributed by atoms with Crippen molar-refractivity contribution >= 4 is 0 Å². The molecule has 0 saturated carbocycles. The third-order valence-corrected chi connectivity index (χ3v) is 2.54. The van der Waals surface area contributed by atoms with Gasteiger partial charge in [-0.05, 0) is 13.0 Å². The molecule has 0 bridgehead atoms. The van der Waals surface area contributed by atoms with E-state index < -0.39 is 0 Å². The van der Waals surface area contributed by atoms with Crippen LogP contribution in [0.1, 0.15) is 12.7 Å². The van der Waals surface area contributed by atoms with E-state index in [4.69, 9.17) is 13.7 Å². The van der Waals surface area contributed by atoms with Crippen LogP contribution in [0.25, 0.3) is 11.5 Å². The second-order valence-corrected chi connectivity index (χ2v) is 3.85. The molecule has 0 aliphatic carbocycles. The lowest BCUT2D eigenvalue weighted by Crippen LogP contribution is -1.97. The molecule has 0 amide bonds. The minimum Gasteiger partial charge on any atom is -0.482 e. The van der Waals surface area contributed by atoms with Crippen LogP contribution >= 0.6 is 0 Å². The van der Waals surface area contributed by atoms with Gasteiger partial charge < -0.3 is 13.7 Å². The summed E-state index contributed by atoms with van der Waals surface area (Å²) >= 11 is 0. The first-order valence-electron chi connectivity index (χ1n) is 5.85. The van der Waals surface area contributed by atoms with Crippen LogP contribution in [0.15, 0.2) is 39.9 Å². The summed E-state index contributed by atoms with van der Waals surface area (Å²) in [6.45, 7) is 3.04. The zero-order valence-corrected chi connectivity index (χ0v) is 10.3. The third-order valence-electron chi connectivity index (χ3n) is 2.54. The maximum Gasteiger partial charge on any atom is 0.261 e. The first-order valence-corrected chi connectivity index (χ1v) is 5.85. The van der Waals surface area contributed by atoms with E-state index in [2.05, 4.69) is 15.2 Å². The Labute approximate surface area is 108 Å². The van der Waals surface area contributed by atoms with Gasteiger partial charge in [0.15, 0.2) is 12.4 Å². The number of aromatic nitrogens is 4. The molecular formula is C12H12N4O3. The highest BCUT2D eigenvalue weighted by Crippen LogP contribution is 2.17. The molecule has 0 spiro atoms. The van der Waals surface area contributed by atoms with E-state index in [0.717, 1.165) is 12.1 Å². The molecule has 98 valence electrons. The molecule has 0 fully saturated rings. The molecule has 0 N–H and O–H groups in total. The minimum atomic E-state index is 0.233. The summed E-state index contributed by atoms with van der Waals surface area (Å²) < 4.78 is 17.3. The summed E-state index contributed by atoms with van der Waals surface area (Å²) in [6.07, 6.45) is 6.57. The van der Waals surface area contributed by atoms with Crippen molar-refractivity contribution in [3.8, 4) is 17.2 Å². The van der Waals surface area contributed by atoms with Gasteiger partial charge in [0.05, 0.1) is 24.2 Å². The summed E-state index contributed by atoms with van der Waals surface area (Å²) in [5, 5.41) is 7.94. The molecule has 7 nitrogen and oxygen atoms in total. The third kappa shape index (κ3) is 2.49. The molecular weight excluding hydrogens is 248 g/mol. The summed E-state index contributed by atoms with van der Waals surface area (Å²) in [4.78, 5) is 4.20. The Morgan fingerprint density at radius 2 is 2.37 bits per heavy atom. The van der Waals surface area contributed by atoms with E-state index in [0.29, 0.717) is 17.5 Å². The normalized spacial score (nSPS) is 10.8. The molecule has 0 atom stereocenters. The Kier molecular flexibility index (Phi) is 3.01. The van der Waals surface area contributed by atoms with Crippen LogP contribution in [0.2, 0.25) is 0 Å². The van der Waals surface area contributed by atoms with Crippen molar-refractivity contribution < 1.29 is 13.7 Å². The molecule has 0 saturated heterocycles. The predicted octanol–water partition coefficient (Wildman–Crippen LogP) is 2.12. The number of hydrogen-bond acceptors (Lipinski definition) is 6. The number of rotatable bonds is 5.